The minimum atomic E-state index is -4.76. The van der Waals surface area contributed by atoms with E-state index in [1.54, 1.807) is 0 Å². The van der Waals surface area contributed by atoms with Crippen molar-refractivity contribution in [2.75, 3.05) is 13.2 Å². The van der Waals surface area contributed by atoms with Gasteiger partial charge in [-0.3, -0.25) is 14.9 Å². The van der Waals surface area contributed by atoms with Crippen LogP contribution in [0.5, 0.6) is 5.75 Å². The van der Waals surface area contributed by atoms with Gasteiger partial charge in [0.25, 0.3) is 11.6 Å². The van der Waals surface area contributed by atoms with Gasteiger partial charge in [0.05, 0.1) is 4.92 Å². The summed E-state index contributed by atoms with van der Waals surface area (Å²) in [7, 11) is 0. The number of rotatable bonds is 5. The molecule has 0 atom stereocenters. The van der Waals surface area contributed by atoms with Crippen molar-refractivity contribution in [3.8, 4) is 5.75 Å². The van der Waals surface area contributed by atoms with Gasteiger partial charge in [0.1, 0.15) is 17.9 Å². The number of amides is 1. The third-order valence-corrected chi connectivity index (χ3v) is 2.26. The lowest BCUT2D eigenvalue weighted by Gasteiger charge is -2.11. The molecule has 0 saturated carbocycles. The highest BCUT2D eigenvalue weighted by Crippen LogP contribution is 2.26. The minimum absolute atomic E-state index is 0.551. The molecule has 0 heterocycles. The lowest BCUT2D eigenvalue weighted by atomic mass is 10.1. The number of hydrogen-bond acceptors (Lipinski definition) is 4. The summed E-state index contributed by atoms with van der Waals surface area (Å²) in [5.41, 5.74) is -1.72. The van der Waals surface area contributed by atoms with Gasteiger partial charge in [0.2, 0.25) is 0 Å². The molecule has 6 nitrogen and oxygen atoms in total. The van der Waals surface area contributed by atoms with Gasteiger partial charge in [-0.2, -0.15) is 26.3 Å². The Kier molecular flexibility index (Phi) is 5.40. The Bertz CT molecular complexity index is 599. The molecular formula is C11H8F6N2O4. The second-order valence-corrected chi connectivity index (χ2v) is 4.14. The van der Waals surface area contributed by atoms with Crippen LogP contribution < -0.4 is 10.1 Å². The third kappa shape index (κ3) is 6.40. The Balaban J connectivity index is 3.01. The van der Waals surface area contributed by atoms with E-state index in [4.69, 9.17) is 0 Å². The summed E-state index contributed by atoms with van der Waals surface area (Å²) in [6, 6.07) is 2.02. The zero-order valence-electron chi connectivity index (χ0n) is 11.0. The van der Waals surface area contributed by atoms with E-state index in [2.05, 4.69) is 4.74 Å². The van der Waals surface area contributed by atoms with Gasteiger partial charge in [0.15, 0.2) is 6.61 Å². The normalized spacial score (nSPS) is 11.9. The summed E-state index contributed by atoms with van der Waals surface area (Å²) in [4.78, 5) is 21.3. The Labute approximate surface area is 124 Å². The zero-order valence-corrected chi connectivity index (χ0v) is 11.0. The first-order valence-electron chi connectivity index (χ1n) is 5.72. The molecule has 0 spiro atoms. The molecular weight excluding hydrogens is 338 g/mol. The molecule has 12 heteroatoms. The van der Waals surface area contributed by atoms with Crippen molar-refractivity contribution in [1.82, 2.24) is 5.32 Å². The molecule has 1 rings (SSSR count). The largest absolute Gasteiger partial charge is 0.484 e. The number of carbonyl (C=O) groups excluding carboxylic acids is 1. The maximum absolute atomic E-state index is 12.0. The molecule has 0 aliphatic rings. The first-order valence-corrected chi connectivity index (χ1v) is 5.72. The second kappa shape index (κ2) is 6.71. The highest BCUT2D eigenvalue weighted by Gasteiger charge is 2.31. The van der Waals surface area contributed by atoms with Gasteiger partial charge in [0, 0.05) is 6.07 Å². The standard InChI is InChI=1S/C11H8F6N2O4/c12-10(13,14)4-18-9(20)7-3-6(23-5-11(15,16)17)1-2-8(7)19(21)22/h1-3H,4-5H2,(H,18,20). The third-order valence-electron chi connectivity index (χ3n) is 2.26. The molecule has 1 aromatic rings. The van der Waals surface area contributed by atoms with Crippen LogP contribution in [0, 0.1) is 10.1 Å². The van der Waals surface area contributed by atoms with Crippen LogP contribution in [-0.2, 0) is 0 Å². The number of hydrogen-bond donors (Lipinski definition) is 1. The van der Waals surface area contributed by atoms with Crippen LogP contribution in [0.3, 0.4) is 0 Å². The second-order valence-electron chi connectivity index (χ2n) is 4.14. The molecule has 0 bridgehead atoms. The Morgan fingerprint density at radius 2 is 1.78 bits per heavy atom. The molecule has 0 fully saturated rings. The summed E-state index contributed by atoms with van der Waals surface area (Å²) >= 11 is 0. The fourth-order valence-corrected chi connectivity index (χ4v) is 1.39. The van der Waals surface area contributed by atoms with Gasteiger partial charge >= 0.3 is 12.4 Å². The van der Waals surface area contributed by atoms with Gasteiger partial charge in [-0.1, -0.05) is 0 Å². The topological polar surface area (TPSA) is 81.5 Å². The molecule has 23 heavy (non-hydrogen) atoms. The fourth-order valence-electron chi connectivity index (χ4n) is 1.39. The van der Waals surface area contributed by atoms with Gasteiger partial charge in [-0.25, -0.2) is 0 Å². The molecule has 0 saturated heterocycles. The number of nitro groups is 1. The molecule has 0 aromatic heterocycles. The number of nitrogens with one attached hydrogen (secondary N) is 1. The molecule has 128 valence electrons. The summed E-state index contributed by atoms with van der Waals surface area (Å²) in [6.07, 6.45) is -9.45. The van der Waals surface area contributed by atoms with E-state index in [0.29, 0.717) is 12.1 Å². The zero-order chi connectivity index (χ0) is 17.8. The number of ether oxygens (including phenoxy) is 1. The van der Waals surface area contributed by atoms with Crippen molar-refractivity contribution in [3.63, 3.8) is 0 Å². The molecule has 0 radical (unpaired) electrons. The van der Waals surface area contributed by atoms with E-state index >= 15 is 0 Å². The van der Waals surface area contributed by atoms with Crippen molar-refractivity contribution in [3.05, 3.63) is 33.9 Å². The van der Waals surface area contributed by atoms with Crippen LogP contribution in [0.1, 0.15) is 10.4 Å². The first-order chi connectivity index (χ1) is 10.4. The van der Waals surface area contributed by atoms with Crippen molar-refractivity contribution in [2.24, 2.45) is 0 Å². The molecule has 0 unspecified atom stereocenters. The van der Waals surface area contributed by atoms with Crippen LogP contribution in [0.2, 0.25) is 0 Å². The lowest BCUT2D eigenvalue weighted by Crippen LogP contribution is -2.34. The fraction of sp³-hybridized carbons (Fsp3) is 0.364. The quantitative estimate of drug-likeness (QED) is 0.505. The van der Waals surface area contributed by atoms with E-state index in [1.165, 1.54) is 5.32 Å². The monoisotopic (exact) mass is 346 g/mol. The summed E-state index contributed by atoms with van der Waals surface area (Å²) in [5, 5.41) is 12.1. The van der Waals surface area contributed by atoms with E-state index in [-0.39, 0.29) is 0 Å². The molecule has 0 aliphatic heterocycles. The predicted molar refractivity (Wildman–Crippen MR) is 63.0 cm³/mol. The number of nitro benzene ring substituents is 1. The smallest absolute Gasteiger partial charge is 0.422 e. The Morgan fingerprint density at radius 1 is 1.17 bits per heavy atom. The molecule has 1 aromatic carbocycles. The first kappa shape index (κ1) is 18.5. The van der Waals surface area contributed by atoms with E-state index < -0.39 is 53.3 Å². The number of alkyl halides is 6. The van der Waals surface area contributed by atoms with E-state index in [1.807, 2.05) is 0 Å². The van der Waals surface area contributed by atoms with Crippen molar-refractivity contribution < 1.29 is 40.8 Å². The highest BCUT2D eigenvalue weighted by molar-refractivity contribution is 5.98. The van der Waals surface area contributed by atoms with Crippen LogP contribution in [0.25, 0.3) is 0 Å². The molecule has 1 N–H and O–H groups in total. The van der Waals surface area contributed by atoms with Crippen LogP contribution >= 0.6 is 0 Å². The SMILES string of the molecule is O=C(NCC(F)(F)F)c1cc(OCC(F)(F)F)ccc1[N+](=O)[O-]. The van der Waals surface area contributed by atoms with Gasteiger partial charge < -0.3 is 10.1 Å². The van der Waals surface area contributed by atoms with Crippen LogP contribution in [0.4, 0.5) is 32.0 Å². The Morgan fingerprint density at radius 3 is 2.26 bits per heavy atom. The van der Waals surface area contributed by atoms with Crippen LogP contribution in [-0.4, -0.2) is 36.3 Å². The number of carbonyl (C=O) groups is 1. The van der Waals surface area contributed by atoms with Crippen molar-refractivity contribution >= 4 is 11.6 Å². The molecule has 1 amide bonds. The maximum Gasteiger partial charge on any atom is 0.422 e. The number of nitrogens with zero attached hydrogens (tertiary/aromatic N) is 1. The van der Waals surface area contributed by atoms with E-state index in [0.717, 1.165) is 6.07 Å². The number of benzene rings is 1. The van der Waals surface area contributed by atoms with Crippen molar-refractivity contribution in [2.45, 2.75) is 12.4 Å². The van der Waals surface area contributed by atoms with E-state index in [9.17, 15) is 41.3 Å². The maximum atomic E-state index is 12.0. The molecule has 0 aliphatic carbocycles. The van der Waals surface area contributed by atoms with Gasteiger partial charge in [-0.15, -0.1) is 0 Å². The summed E-state index contributed by atoms with van der Waals surface area (Å²) < 4.78 is 76.4. The minimum Gasteiger partial charge on any atom is -0.484 e. The average molecular weight is 346 g/mol. The average Bonchev–Trinajstić information content (AvgIpc) is 2.40. The summed E-state index contributed by atoms with van der Waals surface area (Å²) in [5.74, 6) is -2.02. The summed E-state index contributed by atoms with van der Waals surface area (Å²) in [6.45, 7) is -3.48. The van der Waals surface area contributed by atoms with Crippen molar-refractivity contribution in [1.29, 1.82) is 0 Å². The number of halogens is 6. The van der Waals surface area contributed by atoms with Gasteiger partial charge in [-0.05, 0) is 12.1 Å². The Hall–Kier alpha value is -2.53. The highest BCUT2D eigenvalue weighted by atomic mass is 19.4. The predicted octanol–water partition coefficient (Wildman–Crippen LogP) is 2.83. The van der Waals surface area contributed by atoms with Crippen LogP contribution in [0.15, 0.2) is 18.2 Å². The lowest BCUT2D eigenvalue weighted by molar-refractivity contribution is -0.385.